The monoisotopic (exact) mass is 284 g/mol. The lowest BCUT2D eigenvalue weighted by atomic mass is 10.1. The third kappa shape index (κ3) is 11.6. The lowest BCUT2D eigenvalue weighted by Gasteiger charge is -2.11. The number of rotatable bonds is 3. The Bertz CT molecular complexity index is 287. The summed E-state index contributed by atoms with van der Waals surface area (Å²) in [6, 6.07) is 0. The summed E-state index contributed by atoms with van der Waals surface area (Å²) in [5, 5.41) is 2.79. The SMILES string of the molecule is C=C.CC.CCC.CCNC(=O)C1C=CC(N(C)C)=C1.[HH]. The zero-order chi connectivity index (χ0) is 16.6. The topological polar surface area (TPSA) is 32.3 Å². The van der Waals surface area contributed by atoms with E-state index in [-0.39, 0.29) is 13.3 Å². The Hall–Kier alpha value is -1.51. The summed E-state index contributed by atoms with van der Waals surface area (Å²) in [5.41, 5.74) is 1.09. The van der Waals surface area contributed by atoms with Crippen LogP contribution in [-0.2, 0) is 4.79 Å². The van der Waals surface area contributed by atoms with E-state index in [0.717, 1.165) is 5.70 Å². The first-order chi connectivity index (χ1) is 9.56. The predicted octanol–water partition coefficient (Wildman–Crippen LogP) is 4.24. The summed E-state index contributed by atoms with van der Waals surface area (Å²) >= 11 is 0. The molecule has 0 aromatic carbocycles. The van der Waals surface area contributed by atoms with Crippen molar-refractivity contribution in [2.24, 2.45) is 5.92 Å². The molecule has 20 heavy (non-hydrogen) atoms. The number of nitrogens with one attached hydrogen (secondary N) is 1. The van der Waals surface area contributed by atoms with Gasteiger partial charge in [0.05, 0.1) is 5.92 Å². The molecule has 1 atom stereocenters. The van der Waals surface area contributed by atoms with E-state index < -0.39 is 0 Å². The molecule has 0 fully saturated rings. The van der Waals surface area contributed by atoms with E-state index in [0.29, 0.717) is 6.54 Å². The van der Waals surface area contributed by atoms with Gasteiger partial charge < -0.3 is 10.2 Å². The van der Waals surface area contributed by atoms with Crippen LogP contribution >= 0.6 is 0 Å². The maximum atomic E-state index is 11.4. The molecule has 120 valence electrons. The van der Waals surface area contributed by atoms with Crippen LogP contribution in [-0.4, -0.2) is 31.4 Å². The molecule has 1 unspecified atom stereocenters. The van der Waals surface area contributed by atoms with E-state index in [1.54, 1.807) is 0 Å². The van der Waals surface area contributed by atoms with Crippen molar-refractivity contribution in [1.29, 1.82) is 0 Å². The van der Waals surface area contributed by atoms with Crippen molar-refractivity contribution in [3.8, 4) is 0 Å². The Labute approximate surface area is 127 Å². The number of allylic oxidation sites excluding steroid dienone is 1. The van der Waals surface area contributed by atoms with E-state index in [1.807, 2.05) is 58.0 Å². The Morgan fingerprint density at radius 2 is 1.75 bits per heavy atom. The van der Waals surface area contributed by atoms with Crippen LogP contribution in [0.1, 0.15) is 42.5 Å². The smallest absolute Gasteiger partial charge is 0.230 e. The first-order valence-corrected chi connectivity index (χ1v) is 7.41. The summed E-state index contributed by atoms with van der Waals surface area (Å²) in [5.74, 6) is -0.00653. The second kappa shape index (κ2) is 17.5. The zero-order valence-electron chi connectivity index (χ0n) is 14.5. The number of hydrogen-bond acceptors (Lipinski definition) is 2. The van der Waals surface area contributed by atoms with E-state index in [2.05, 4.69) is 32.3 Å². The average molecular weight is 284 g/mol. The van der Waals surface area contributed by atoms with Crippen LogP contribution in [0.5, 0.6) is 0 Å². The fourth-order valence-corrected chi connectivity index (χ4v) is 1.25. The molecule has 0 aromatic heterocycles. The molecular formula is C17H36N2O. The van der Waals surface area contributed by atoms with Gasteiger partial charge in [0, 0.05) is 27.8 Å². The highest BCUT2D eigenvalue weighted by atomic mass is 16.1. The summed E-state index contributed by atoms with van der Waals surface area (Å²) in [7, 11) is 3.94. The number of amides is 1. The summed E-state index contributed by atoms with van der Waals surface area (Å²) < 4.78 is 0. The molecule has 1 aliphatic carbocycles. The molecule has 0 aliphatic heterocycles. The molecular weight excluding hydrogens is 248 g/mol. The molecule has 0 heterocycles. The van der Waals surface area contributed by atoms with Gasteiger partial charge in [0.2, 0.25) is 5.91 Å². The molecule has 1 N–H and O–H groups in total. The molecule has 0 bridgehead atoms. The van der Waals surface area contributed by atoms with Gasteiger partial charge in [0.1, 0.15) is 0 Å². The molecule has 1 amide bonds. The van der Waals surface area contributed by atoms with E-state index >= 15 is 0 Å². The minimum absolute atomic E-state index is 0. The fraction of sp³-hybridized carbons (Fsp3) is 0.588. The Balaban J connectivity index is -0.000000157. The lowest BCUT2D eigenvalue weighted by Crippen LogP contribution is -2.27. The van der Waals surface area contributed by atoms with Crippen molar-refractivity contribution in [3.63, 3.8) is 0 Å². The van der Waals surface area contributed by atoms with Crippen molar-refractivity contribution in [2.75, 3.05) is 20.6 Å². The first-order valence-electron chi connectivity index (χ1n) is 7.41. The summed E-state index contributed by atoms with van der Waals surface area (Å²) in [4.78, 5) is 13.4. The third-order valence-corrected chi connectivity index (χ3v) is 1.99. The molecule has 3 nitrogen and oxygen atoms in total. The fourth-order valence-electron chi connectivity index (χ4n) is 1.25. The van der Waals surface area contributed by atoms with Gasteiger partial charge in [-0.05, 0) is 19.1 Å². The first kappa shape index (κ1) is 23.6. The van der Waals surface area contributed by atoms with Crippen molar-refractivity contribution in [1.82, 2.24) is 10.2 Å². The lowest BCUT2D eigenvalue weighted by molar-refractivity contribution is -0.122. The molecule has 1 aliphatic rings. The zero-order valence-corrected chi connectivity index (χ0v) is 14.5. The van der Waals surface area contributed by atoms with Gasteiger partial charge in [-0.3, -0.25) is 4.79 Å². The quantitative estimate of drug-likeness (QED) is 0.786. The molecule has 0 radical (unpaired) electrons. The van der Waals surface area contributed by atoms with Crippen LogP contribution < -0.4 is 5.32 Å². The Morgan fingerprint density at radius 3 is 2.05 bits per heavy atom. The van der Waals surface area contributed by atoms with Gasteiger partial charge >= 0.3 is 0 Å². The van der Waals surface area contributed by atoms with Gasteiger partial charge in [-0.25, -0.2) is 0 Å². The summed E-state index contributed by atoms with van der Waals surface area (Å²) in [6.07, 6.45) is 7.10. The molecule has 0 saturated heterocycles. The van der Waals surface area contributed by atoms with Gasteiger partial charge in [-0.15, -0.1) is 13.2 Å². The van der Waals surface area contributed by atoms with E-state index in [4.69, 9.17) is 0 Å². The molecule has 0 saturated carbocycles. The standard InChI is InChI=1S/C10H16N2O.C3H8.C2H6.C2H4.H2/c1-4-11-10(13)8-5-6-9(7-8)12(2)3;1-3-2;2*1-2;/h5-8H,4H2,1-3H3,(H,11,13);3H2,1-2H3;1-2H3;1-2H2;1H. The van der Waals surface area contributed by atoms with Gasteiger partial charge in [-0.2, -0.15) is 0 Å². The van der Waals surface area contributed by atoms with Gasteiger partial charge in [-0.1, -0.05) is 40.2 Å². The highest BCUT2D eigenvalue weighted by Gasteiger charge is 2.17. The van der Waals surface area contributed by atoms with Crippen molar-refractivity contribution < 1.29 is 6.22 Å². The van der Waals surface area contributed by atoms with Crippen LogP contribution in [0, 0.1) is 5.92 Å². The maximum Gasteiger partial charge on any atom is 0.230 e. The van der Waals surface area contributed by atoms with Crippen LogP contribution in [0.3, 0.4) is 0 Å². The molecule has 0 aromatic rings. The van der Waals surface area contributed by atoms with E-state index in [9.17, 15) is 4.79 Å². The van der Waals surface area contributed by atoms with Crippen LogP contribution in [0.25, 0.3) is 0 Å². The molecule has 1 rings (SSSR count). The number of carbonyl (C=O) groups is 1. The number of likely N-dealkylation sites (N-methyl/N-ethyl adjacent to an activating group) is 1. The molecule has 0 spiro atoms. The van der Waals surface area contributed by atoms with Crippen LogP contribution in [0.4, 0.5) is 0 Å². The second-order valence-electron chi connectivity index (χ2n) is 3.97. The third-order valence-electron chi connectivity index (χ3n) is 1.99. The van der Waals surface area contributed by atoms with Crippen LogP contribution in [0.2, 0.25) is 0 Å². The highest BCUT2D eigenvalue weighted by Crippen LogP contribution is 2.17. The molecule has 3 heteroatoms. The Kier molecular flexibility index (Phi) is 20.6. The Morgan fingerprint density at radius 1 is 1.30 bits per heavy atom. The number of nitrogens with zero attached hydrogens (tertiary/aromatic N) is 1. The minimum Gasteiger partial charge on any atom is -0.378 e. The highest BCUT2D eigenvalue weighted by molar-refractivity contribution is 5.83. The predicted molar refractivity (Wildman–Crippen MR) is 93.8 cm³/mol. The van der Waals surface area contributed by atoms with Gasteiger partial charge in [0.15, 0.2) is 0 Å². The maximum absolute atomic E-state index is 11.4. The largest absolute Gasteiger partial charge is 0.378 e. The second-order valence-corrected chi connectivity index (χ2v) is 3.97. The average Bonchev–Trinajstić information content (AvgIpc) is 2.94. The summed E-state index contributed by atoms with van der Waals surface area (Å²) in [6.45, 7) is 16.9. The normalized spacial score (nSPS) is 14.3. The van der Waals surface area contributed by atoms with Crippen molar-refractivity contribution in [3.05, 3.63) is 37.1 Å². The van der Waals surface area contributed by atoms with E-state index in [1.165, 1.54) is 6.42 Å². The van der Waals surface area contributed by atoms with Crippen molar-refractivity contribution >= 4 is 5.91 Å². The van der Waals surface area contributed by atoms with Gasteiger partial charge in [0.25, 0.3) is 0 Å². The van der Waals surface area contributed by atoms with Crippen LogP contribution in [0.15, 0.2) is 37.1 Å². The number of hydrogen-bond donors (Lipinski definition) is 1. The number of carbonyl (C=O) groups excluding carboxylic acids is 1. The van der Waals surface area contributed by atoms with Crippen molar-refractivity contribution in [2.45, 2.75) is 41.0 Å². The minimum atomic E-state index is -0.0858.